The van der Waals surface area contributed by atoms with Crippen molar-refractivity contribution in [2.45, 2.75) is 6.92 Å². The number of nitrogens with one attached hydrogen (secondary N) is 4. The molecule has 9 nitrogen and oxygen atoms in total. The highest BCUT2D eigenvalue weighted by Gasteiger charge is 2.17. The Hall–Kier alpha value is -4.08. The van der Waals surface area contributed by atoms with E-state index >= 15 is 0 Å². The number of amides is 2. The van der Waals surface area contributed by atoms with Gasteiger partial charge in [0.15, 0.2) is 0 Å². The Bertz CT molecular complexity index is 1670. The Morgan fingerprint density at radius 3 is 2.50 bits per heavy atom. The second-order valence-corrected chi connectivity index (χ2v) is 8.84. The number of rotatable bonds is 5. The lowest BCUT2D eigenvalue weighted by Gasteiger charge is -2.10. The number of halogens is 2. The molecule has 5 rings (SSSR count). The first-order valence-corrected chi connectivity index (χ1v) is 11.9. The number of fused-ring (bicyclic) bond motifs is 3. The van der Waals surface area contributed by atoms with E-state index in [9.17, 15) is 9.59 Å². The largest absolute Gasteiger partial charge is 0.338 e. The molecule has 0 aliphatic heterocycles. The van der Waals surface area contributed by atoms with Gasteiger partial charge in [-0.05, 0) is 43.3 Å². The molecule has 11 heteroatoms. The third-order valence-electron chi connectivity index (χ3n) is 5.64. The lowest BCUT2D eigenvalue weighted by Crippen LogP contribution is -2.28. The number of hydrogen-bond acceptors (Lipinski definition) is 5. The summed E-state index contributed by atoms with van der Waals surface area (Å²) in [7, 11) is 1.80. The summed E-state index contributed by atoms with van der Waals surface area (Å²) < 4.78 is 1.77. The molecule has 0 spiro atoms. The Balaban J connectivity index is 1.57. The van der Waals surface area contributed by atoms with Gasteiger partial charge in [-0.15, -0.1) is 0 Å². The molecule has 2 heterocycles. The van der Waals surface area contributed by atoms with E-state index in [0.29, 0.717) is 67.2 Å². The zero-order valence-electron chi connectivity index (χ0n) is 19.3. The van der Waals surface area contributed by atoms with Crippen molar-refractivity contribution in [1.82, 2.24) is 24.8 Å². The number of para-hydroxylation sites is 1. The fourth-order valence-electron chi connectivity index (χ4n) is 3.99. The number of carbonyl (C=O) groups is 1. The third-order valence-corrected chi connectivity index (χ3v) is 6.27. The van der Waals surface area contributed by atoms with Gasteiger partial charge in [-0.3, -0.25) is 4.79 Å². The molecule has 3 aromatic carbocycles. The highest BCUT2D eigenvalue weighted by molar-refractivity contribution is 6.39. The highest BCUT2D eigenvalue weighted by atomic mass is 35.5. The molecule has 0 aliphatic carbocycles. The average Bonchev–Trinajstić information content (AvgIpc) is 3.17. The summed E-state index contributed by atoms with van der Waals surface area (Å²) in [6, 6.07) is 15.6. The molecule has 2 aromatic heterocycles. The Kier molecular flexibility index (Phi) is 6.26. The van der Waals surface area contributed by atoms with Crippen LogP contribution in [0.1, 0.15) is 6.92 Å². The molecule has 36 heavy (non-hydrogen) atoms. The Morgan fingerprint density at radius 1 is 1.03 bits per heavy atom. The van der Waals surface area contributed by atoms with Crippen LogP contribution < -0.4 is 21.5 Å². The van der Waals surface area contributed by atoms with Crippen LogP contribution >= 0.6 is 23.2 Å². The van der Waals surface area contributed by atoms with Crippen molar-refractivity contribution in [2.75, 3.05) is 17.2 Å². The summed E-state index contributed by atoms with van der Waals surface area (Å²) in [5.41, 5.74) is 3.19. The minimum atomic E-state index is -0.312. The van der Waals surface area contributed by atoms with Crippen LogP contribution in [0.4, 0.5) is 22.1 Å². The number of aromatic nitrogens is 4. The van der Waals surface area contributed by atoms with Crippen LogP contribution in [0.3, 0.4) is 0 Å². The molecule has 2 amide bonds. The topological polar surface area (TPSA) is 117 Å². The van der Waals surface area contributed by atoms with Crippen LogP contribution in [0.15, 0.2) is 59.4 Å². The minimum Gasteiger partial charge on any atom is -0.338 e. The summed E-state index contributed by atoms with van der Waals surface area (Å²) >= 11 is 12.6. The first-order valence-electron chi connectivity index (χ1n) is 11.1. The molecular formula is C25H21Cl2N7O2. The molecule has 0 bridgehead atoms. The van der Waals surface area contributed by atoms with Gasteiger partial charge in [0, 0.05) is 24.8 Å². The van der Waals surface area contributed by atoms with Crippen molar-refractivity contribution in [2.24, 2.45) is 7.05 Å². The van der Waals surface area contributed by atoms with Gasteiger partial charge in [0.05, 0.1) is 37.7 Å². The van der Waals surface area contributed by atoms with E-state index in [4.69, 9.17) is 23.2 Å². The third kappa shape index (κ3) is 4.34. The second-order valence-electron chi connectivity index (χ2n) is 8.02. The lowest BCUT2D eigenvalue weighted by atomic mass is 10.1. The van der Waals surface area contributed by atoms with Gasteiger partial charge in [0.25, 0.3) is 5.56 Å². The van der Waals surface area contributed by atoms with E-state index in [0.717, 1.165) is 0 Å². The van der Waals surface area contributed by atoms with E-state index in [2.05, 4.69) is 30.9 Å². The molecule has 0 radical (unpaired) electrons. The zero-order valence-corrected chi connectivity index (χ0v) is 20.8. The molecule has 0 aliphatic rings. The number of H-pyrrole nitrogens is 1. The number of imidazole rings is 1. The fourth-order valence-corrected chi connectivity index (χ4v) is 4.48. The number of aromatic amines is 1. The minimum absolute atomic E-state index is 0.310. The van der Waals surface area contributed by atoms with Crippen molar-refractivity contribution in [3.05, 3.63) is 75.0 Å². The van der Waals surface area contributed by atoms with Gasteiger partial charge in [0.1, 0.15) is 5.82 Å². The normalized spacial score (nSPS) is 11.1. The van der Waals surface area contributed by atoms with Crippen LogP contribution in [0, 0.1) is 0 Å². The van der Waals surface area contributed by atoms with Crippen molar-refractivity contribution >= 4 is 68.5 Å². The standard InChI is InChI=1S/C25H21Cl2N7O2/c1-3-28-25(36)29-14-7-4-6-13(12-14)22-30-17-10-11-18-21(19(17)23(35)33-22)34(2)24(31-18)32-20-15(26)8-5-9-16(20)27/h4-12H,3H2,1-2H3,(H,31,32)(H2,28,29,36)(H,30,33,35). The molecule has 4 N–H and O–H groups in total. The molecule has 0 unspecified atom stereocenters. The number of carbonyl (C=O) groups excluding carboxylic acids is 1. The number of benzene rings is 3. The number of aryl methyl sites for hydroxylation is 1. The number of anilines is 3. The summed E-state index contributed by atoms with van der Waals surface area (Å²) in [5.74, 6) is 0.856. The highest BCUT2D eigenvalue weighted by Crippen LogP contribution is 2.34. The smallest absolute Gasteiger partial charge is 0.319 e. The Labute approximate surface area is 215 Å². The van der Waals surface area contributed by atoms with Crippen LogP contribution in [0.2, 0.25) is 10.0 Å². The maximum Gasteiger partial charge on any atom is 0.319 e. The van der Waals surface area contributed by atoms with E-state index in [1.807, 2.05) is 13.0 Å². The first kappa shape index (κ1) is 23.7. The number of urea groups is 1. The average molecular weight is 522 g/mol. The fraction of sp³-hybridized carbons (Fsp3) is 0.120. The van der Waals surface area contributed by atoms with E-state index in [1.54, 1.807) is 60.1 Å². The van der Waals surface area contributed by atoms with Crippen LogP contribution in [-0.4, -0.2) is 32.1 Å². The molecule has 0 saturated heterocycles. The molecule has 0 atom stereocenters. The number of hydrogen-bond donors (Lipinski definition) is 4. The van der Waals surface area contributed by atoms with Gasteiger partial charge >= 0.3 is 6.03 Å². The van der Waals surface area contributed by atoms with Crippen molar-refractivity contribution in [1.29, 1.82) is 0 Å². The zero-order chi connectivity index (χ0) is 25.4. The summed E-state index contributed by atoms with van der Waals surface area (Å²) in [6.07, 6.45) is 0. The quantitative estimate of drug-likeness (QED) is 0.237. The maximum absolute atomic E-state index is 13.3. The van der Waals surface area contributed by atoms with Crippen LogP contribution in [0.5, 0.6) is 0 Å². The van der Waals surface area contributed by atoms with Gasteiger partial charge in [-0.2, -0.15) is 0 Å². The first-order chi connectivity index (χ1) is 17.4. The molecule has 182 valence electrons. The summed E-state index contributed by atoms with van der Waals surface area (Å²) in [5, 5.41) is 9.91. The summed E-state index contributed by atoms with van der Waals surface area (Å²) in [4.78, 5) is 37.3. The van der Waals surface area contributed by atoms with E-state index in [-0.39, 0.29) is 11.6 Å². The van der Waals surface area contributed by atoms with Gasteiger partial charge in [-0.1, -0.05) is 41.4 Å². The van der Waals surface area contributed by atoms with E-state index < -0.39 is 0 Å². The molecule has 5 aromatic rings. The molecule has 0 fully saturated rings. The molecule has 0 saturated carbocycles. The predicted molar refractivity (Wildman–Crippen MR) is 145 cm³/mol. The molecular weight excluding hydrogens is 501 g/mol. The maximum atomic E-state index is 13.3. The SMILES string of the molecule is CCNC(=O)Nc1cccc(-c2nc3ccc4nc(Nc5c(Cl)cccc5Cl)n(C)c4c3c(=O)[nH]2)c1. The monoisotopic (exact) mass is 521 g/mol. The summed E-state index contributed by atoms with van der Waals surface area (Å²) in [6.45, 7) is 2.35. The van der Waals surface area contributed by atoms with Gasteiger partial charge < -0.3 is 25.5 Å². The lowest BCUT2D eigenvalue weighted by molar-refractivity contribution is 0.252. The second kappa shape index (κ2) is 9.52. The van der Waals surface area contributed by atoms with Crippen molar-refractivity contribution in [3.8, 4) is 11.4 Å². The van der Waals surface area contributed by atoms with Crippen LogP contribution in [0.25, 0.3) is 33.3 Å². The van der Waals surface area contributed by atoms with Gasteiger partial charge in [-0.25, -0.2) is 14.8 Å². The number of nitrogens with zero attached hydrogens (tertiary/aromatic N) is 3. The van der Waals surface area contributed by atoms with Crippen molar-refractivity contribution in [3.63, 3.8) is 0 Å². The van der Waals surface area contributed by atoms with Crippen molar-refractivity contribution < 1.29 is 4.79 Å². The Morgan fingerprint density at radius 2 is 1.75 bits per heavy atom. The predicted octanol–water partition coefficient (Wildman–Crippen LogP) is 5.67. The van der Waals surface area contributed by atoms with Gasteiger partial charge in [0.2, 0.25) is 5.95 Å². The van der Waals surface area contributed by atoms with E-state index in [1.165, 1.54) is 0 Å². The van der Waals surface area contributed by atoms with Crippen LogP contribution in [-0.2, 0) is 7.05 Å².